The van der Waals surface area contributed by atoms with Crippen LogP contribution in [0.25, 0.3) is 17.2 Å². The molecule has 184 valence electrons. The van der Waals surface area contributed by atoms with Crippen LogP contribution in [0.2, 0.25) is 0 Å². The van der Waals surface area contributed by atoms with Gasteiger partial charge in [-0.15, -0.1) is 10.2 Å². The van der Waals surface area contributed by atoms with Crippen molar-refractivity contribution in [1.82, 2.24) is 34.9 Å². The van der Waals surface area contributed by atoms with Crippen molar-refractivity contribution in [2.75, 3.05) is 6.26 Å². The Balaban J connectivity index is 1.49. The molecule has 0 saturated heterocycles. The second-order valence-electron chi connectivity index (χ2n) is 9.83. The van der Waals surface area contributed by atoms with Crippen molar-refractivity contribution < 1.29 is 17.2 Å². The van der Waals surface area contributed by atoms with E-state index in [0.29, 0.717) is 5.69 Å². The number of fused-ring (bicyclic) bond motifs is 5. The zero-order valence-electron chi connectivity index (χ0n) is 19.6. The lowest BCUT2D eigenvalue weighted by Crippen LogP contribution is -2.38. The Morgan fingerprint density at radius 1 is 1.08 bits per heavy atom. The van der Waals surface area contributed by atoms with Gasteiger partial charge in [0.25, 0.3) is 11.1 Å². The van der Waals surface area contributed by atoms with Crippen molar-refractivity contribution in [3.8, 4) is 17.2 Å². The third-order valence-electron chi connectivity index (χ3n) is 7.69. The number of nitrogens with zero attached hydrogens (tertiary/aromatic N) is 7. The van der Waals surface area contributed by atoms with Gasteiger partial charge in [-0.25, -0.2) is 32.2 Å². The maximum Gasteiger partial charge on any atom is 0.267 e. The normalized spacial score (nSPS) is 22.1. The van der Waals surface area contributed by atoms with E-state index in [4.69, 9.17) is 4.98 Å². The minimum absolute atomic E-state index is 0.0817. The van der Waals surface area contributed by atoms with Gasteiger partial charge in [0, 0.05) is 12.5 Å². The summed E-state index contributed by atoms with van der Waals surface area (Å²) < 4.78 is 53.8. The van der Waals surface area contributed by atoms with Crippen LogP contribution in [0, 0.1) is 17.0 Å². The smallest absolute Gasteiger partial charge is 0.221 e. The molecule has 0 spiro atoms. The lowest BCUT2D eigenvalue weighted by Gasteiger charge is -2.37. The van der Waals surface area contributed by atoms with E-state index in [1.807, 2.05) is 6.07 Å². The maximum absolute atomic E-state index is 14.5. The van der Waals surface area contributed by atoms with Crippen LogP contribution in [0.5, 0.6) is 0 Å². The summed E-state index contributed by atoms with van der Waals surface area (Å²) in [4.78, 5) is 12.9. The van der Waals surface area contributed by atoms with E-state index in [1.54, 1.807) is 12.3 Å². The van der Waals surface area contributed by atoms with E-state index >= 15 is 0 Å². The van der Waals surface area contributed by atoms with Crippen molar-refractivity contribution >= 4 is 9.84 Å². The quantitative estimate of drug-likeness (QED) is 0.411. The van der Waals surface area contributed by atoms with Crippen molar-refractivity contribution in [2.45, 2.75) is 43.2 Å². The molecule has 12 heteroatoms. The molecule has 0 aliphatic heterocycles. The molecule has 9 nitrogen and oxygen atoms in total. The first-order chi connectivity index (χ1) is 17.0. The Morgan fingerprint density at radius 3 is 2.53 bits per heavy atom. The van der Waals surface area contributed by atoms with Gasteiger partial charge in [-0.1, -0.05) is 19.9 Å². The van der Waals surface area contributed by atoms with E-state index < -0.39 is 26.9 Å². The number of benzene rings is 1. The van der Waals surface area contributed by atoms with Crippen LogP contribution in [0.3, 0.4) is 0 Å². The summed E-state index contributed by atoms with van der Waals surface area (Å²) in [5.74, 6) is -1.13. The zero-order chi connectivity index (χ0) is 25.5. The molecule has 0 unspecified atom stereocenters. The number of halogens is 2. The summed E-state index contributed by atoms with van der Waals surface area (Å²) in [5.41, 5.74) is 1.33. The molecule has 36 heavy (non-hydrogen) atoms. The van der Waals surface area contributed by atoms with Crippen LogP contribution < -0.4 is 0 Å². The van der Waals surface area contributed by atoms with Gasteiger partial charge in [-0.3, -0.25) is 0 Å². The fourth-order valence-electron chi connectivity index (χ4n) is 5.97. The highest BCUT2D eigenvalue weighted by Crippen LogP contribution is 2.69. The third-order valence-corrected chi connectivity index (χ3v) is 8.54. The molecule has 6 rings (SSSR count). The lowest BCUT2D eigenvalue weighted by molar-refractivity contribution is 0.242. The zero-order valence-corrected chi connectivity index (χ0v) is 20.5. The largest absolute Gasteiger partial charge is 0.267 e. The number of rotatable bonds is 4. The van der Waals surface area contributed by atoms with Gasteiger partial charge >= 0.3 is 0 Å². The topological polar surface area (TPSA) is 116 Å². The summed E-state index contributed by atoms with van der Waals surface area (Å²) in [6, 6.07) is 7.27. The number of hydrogen-bond acceptors (Lipinski definition) is 8. The molecule has 2 atom stereocenters. The first kappa shape index (κ1) is 22.8. The van der Waals surface area contributed by atoms with E-state index in [-0.39, 0.29) is 33.7 Å². The average molecular weight is 510 g/mol. The lowest BCUT2D eigenvalue weighted by atomic mass is 9.66. The molecular formula is C24H21F2N7O2S. The molecular weight excluding hydrogens is 488 g/mol. The van der Waals surface area contributed by atoms with Crippen molar-refractivity contribution in [2.24, 2.45) is 5.41 Å². The molecule has 2 bridgehead atoms. The Morgan fingerprint density at radius 2 is 1.83 bits per heavy atom. The van der Waals surface area contributed by atoms with Crippen molar-refractivity contribution in [1.29, 1.82) is 0 Å². The van der Waals surface area contributed by atoms with Crippen LogP contribution in [0.4, 0.5) is 8.78 Å². The minimum atomic E-state index is -3.59. The molecule has 3 aromatic heterocycles. The SMILES string of the molecule is CC1(C)[C@H]2CC[C@@]1(c1ccnc(-n3cnc(S(C)(=O)=O)n3)n1)c1nnc(-c3c(F)cccc3F)cc12. The molecule has 1 fully saturated rings. The highest BCUT2D eigenvalue weighted by Gasteiger charge is 2.65. The maximum atomic E-state index is 14.5. The van der Waals surface area contributed by atoms with E-state index in [1.165, 1.54) is 29.2 Å². The Kier molecular flexibility index (Phi) is 4.69. The fraction of sp³-hybridized carbons (Fsp3) is 0.333. The highest BCUT2D eigenvalue weighted by atomic mass is 32.2. The number of aromatic nitrogens is 7. The van der Waals surface area contributed by atoms with Crippen LogP contribution in [-0.2, 0) is 15.3 Å². The van der Waals surface area contributed by atoms with Gasteiger partial charge in [-0.05, 0) is 54.0 Å². The Hall–Kier alpha value is -3.67. The highest BCUT2D eigenvalue weighted by molar-refractivity contribution is 7.90. The third kappa shape index (κ3) is 3.00. The van der Waals surface area contributed by atoms with Gasteiger partial charge in [0.2, 0.25) is 9.84 Å². The molecule has 4 aromatic rings. The predicted molar refractivity (Wildman–Crippen MR) is 124 cm³/mol. The van der Waals surface area contributed by atoms with Gasteiger partial charge in [0.1, 0.15) is 18.0 Å². The number of hydrogen-bond donors (Lipinski definition) is 0. The van der Waals surface area contributed by atoms with E-state index in [2.05, 4.69) is 39.1 Å². The molecule has 1 saturated carbocycles. The van der Waals surface area contributed by atoms with E-state index in [0.717, 1.165) is 30.4 Å². The molecule has 2 aliphatic rings. The first-order valence-electron chi connectivity index (χ1n) is 11.3. The first-order valence-corrected chi connectivity index (χ1v) is 13.2. The Labute approximate surface area is 205 Å². The van der Waals surface area contributed by atoms with Gasteiger partial charge in [0.05, 0.1) is 28.1 Å². The van der Waals surface area contributed by atoms with E-state index in [9.17, 15) is 17.2 Å². The molecule has 0 amide bonds. The van der Waals surface area contributed by atoms with Gasteiger partial charge in [0.15, 0.2) is 0 Å². The second kappa shape index (κ2) is 7.42. The molecule has 0 N–H and O–H groups in total. The standard InChI is InChI=1S/C24H21F2N7O2S/c1-23(2)14-7-9-24(23,18-8-10-27-21(29-18)33-12-28-22(32-33)36(3,34)35)20-13(14)11-17(30-31-20)19-15(25)5-4-6-16(19)26/h4-6,8,10-12,14H,7,9H2,1-3H3/t14-,24+/m0/s1. The summed E-state index contributed by atoms with van der Waals surface area (Å²) in [5, 5.41) is 12.5. The van der Waals surface area contributed by atoms with Crippen LogP contribution in [0.15, 0.2) is 48.0 Å². The second-order valence-corrected chi connectivity index (χ2v) is 11.7. The molecule has 0 radical (unpaired) electrons. The summed E-state index contributed by atoms with van der Waals surface area (Å²) in [6.07, 6.45) is 5.47. The van der Waals surface area contributed by atoms with Gasteiger partial charge in [-0.2, -0.15) is 9.78 Å². The van der Waals surface area contributed by atoms with Crippen molar-refractivity contribution in [3.05, 3.63) is 71.4 Å². The van der Waals surface area contributed by atoms with Crippen LogP contribution >= 0.6 is 0 Å². The summed E-state index contributed by atoms with van der Waals surface area (Å²) in [6.45, 7) is 4.27. The molecule has 3 heterocycles. The molecule has 2 aliphatic carbocycles. The Bertz CT molecular complexity index is 1630. The minimum Gasteiger partial charge on any atom is -0.221 e. The fourth-order valence-corrected chi connectivity index (χ4v) is 6.44. The van der Waals surface area contributed by atoms with Crippen molar-refractivity contribution in [3.63, 3.8) is 0 Å². The average Bonchev–Trinajstić information content (AvgIpc) is 3.48. The van der Waals surface area contributed by atoms with Crippen LogP contribution in [0.1, 0.15) is 49.6 Å². The predicted octanol–water partition coefficient (Wildman–Crippen LogP) is 3.40. The van der Waals surface area contributed by atoms with Crippen LogP contribution in [-0.4, -0.2) is 49.6 Å². The molecule has 1 aromatic carbocycles. The summed E-state index contributed by atoms with van der Waals surface area (Å²) in [7, 11) is -3.59. The number of sulfone groups is 1. The van der Waals surface area contributed by atoms with Gasteiger partial charge < -0.3 is 0 Å². The monoisotopic (exact) mass is 509 g/mol. The summed E-state index contributed by atoms with van der Waals surface area (Å²) >= 11 is 0.